The van der Waals surface area contributed by atoms with Crippen molar-refractivity contribution in [2.45, 2.75) is 32.3 Å². The minimum atomic E-state index is -0.373. The first-order valence-electron chi connectivity index (χ1n) is 8.86. The van der Waals surface area contributed by atoms with E-state index in [1.807, 2.05) is 35.2 Å². The van der Waals surface area contributed by atoms with Gasteiger partial charge in [0.1, 0.15) is 5.75 Å². The number of benzene rings is 2. The monoisotopic (exact) mass is 339 g/mol. The Morgan fingerprint density at radius 3 is 2.48 bits per heavy atom. The van der Waals surface area contributed by atoms with Gasteiger partial charge in [0.2, 0.25) is 0 Å². The summed E-state index contributed by atoms with van der Waals surface area (Å²) in [5.74, 6) is 0.331. The number of carbonyl (C=O) groups excluding carboxylic acids is 1. The van der Waals surface area contributed by atoms with E-state index in [1.165, 1.54) is 0 Å². The Hall–Kier alpha value is -2.33. The van der Waals surface area contributed by atoms with E-state index >= 15 is 0 Å². The molecule has 132 valence electrons. The van der Waals surface area contributed by atoms with E-state index in [-0.39, 0.29) is 23.7 Å². The summed E-state index contributed by atoms with van der Waals surface area (Å²) in [5, 5.41) is 20.3. The van der Waals surface area contributed by atoms with Gasteiger partial charge in [0.05, 0.1) is 6.10 Å². The molecule has 2 N–H and O–H groups in total. The molecule has 1 amide bonds. The van der Waals surface area contributed by atoms with Crippen LogP contribution in [-0.2, 0) is 6.42 Å². The van der Waals surface area contributed by atoms with Crippen molar-refractivity contribution in [3.63, 3.8) is 0 Å². The number of hydrogen-bond donors (Lipinski definition) is 2. The Morgan fingerprint density at radius 2 is 1.80 bits per heavy atom. The van der Waals surface area contributed by atoms with Crippen molar-refractivity contribution in [2.24, 2.45) is 5.92 Å². The predicted octanol–water partition coefficient (Wildman–Crippen LogP) is 3.16. The largest absolute Gasteiger partial charge is 0.508 e. The summed E-state index contributed by atoms with van der Waals surface area (Å²) in [5.41, 5.74) is 2.32. The van der Waals surface area contributed by atoms with E-state index < -0.39 is 0 Å². The number of phenolic OH excluding ortho intramolecular Hbond substituents is 1. The highest BCUT2D eigenvalue weighted by molar-refractivity contribution is 5.96. The molecule has 25 heavy (non-hydrogen) atoms. The number of hydrogen-bond acceptors (Lipinski definition) is 3. The predicted molar refractivity (Wildman–Crippen MR) is 97.6 cm³/mol. The van der Waals surface area contributed by atoms with Gasteiger partial charge >= 0.3 is 0 Å². The Morgan fingerprint density at radius 1 is 1.12 bits per heavy atom. The van der Waals surface area contributed by atoms with Gasteiger partial charge in [0, 0.05) is 24.2 Å². The number of likely N-dealkylation sites (tertiary alicyclic amines) is 1. The van der Waals surface area contributed by atoms with Crippen LogP contribution in [0.25, 0.3) is 0 Å². The van der Waals surface area contributed by atoms with E-state index in [0.717, 1.165) is 18.4 Å². The lowest BCUT2D eigenvalue weighted by molar-refractivity contribution is 0.0467. The molecule has 1 fully saturated rings. The lowest BCUT2D eigenvalue weighted by atomic mass is 9.87. The van der Waals surface area contributed by atoms with E-state index in [2.05, 4.69) is 0 Å². The van der Waals surface area contributed by atoms with Crippen molar-refractivity contribution < 1.29 is 15.0 Å². The fourth-order valence-electron chi connectivity index (χ4n) is 3.54. The molecule has 0 radical (unpaired) electrons. The van der Waals surface area contributed by atoms with Gasteiger partial charge in [-0.15, -0.1) is 0 Å². The first-order chi connectivity index (χ1) is 12.1. The SMILES string of the molecule is Cc1c(O)cccc1C(=O)N1CCC([C@H](O)Cc2ccccc2)CC1. The van der Waals surface area contributed by atoms with Gasteiger partial charge in [-0.2, -0.15) is 0 Å². The molecule has 2 aromatic carbocycles. The maximum Gasteiger partial charge on any atom is 0.254 e. The average molecular weight is 339 g/mol. The number of aromatic hydroxyl groups is 1. The topological polar surface area (TPSA) is 60.8 Å². The molecular weight excluding hydrogens is 314 g/mol. The lowest BCUT2D eigenvalue weighted by Gasteiger charge is -2.34. The van der Waals surface area contributed by atoms with Crippen LogP contribution in [0.1, 0.15) is 34.3 Å². The molecule has 0 unspecified atom stereocenters. The summed E-state index contributed by atoms with van der Waals surface area (Å²) in [6.45, 7) is 3.05. The molecule has 1 aliphatic rings. The molecule has 4 nitrogen and oxygen atoms in total. The Labute approximate surface area is 148 Å². The highest BCUT2D eigenvalue weighted by atomic mass is 16.3. The highest BCUT2D eigenvalue weighted by Gasteiger charge is 2.28. The van der Waals surface area contributed by atoms with Crippen molar-refractivity contribution in [3.05, 3.63) is 65.2 Å². The molecule has 2 aromatic rings. The van der Waals surface area contributed by atoms with Gasteiger partial charge in [-0.05, 0) is 49.8 Å². The zero-order chi connectivity index (χ0) is 17.8. The van der Waals surface area contributed by atoms with Crippen LogP contribution < -0.4 is 0 Å². The molecule has 0 bridgehead atoms. The van der Waals surface area contributed by atoms with Gasteiger partial charge < -0.3 is 15.1 Å². The van der Waals surface area contributed by atoms with Crippen LogP contribution in [0.2, 0.25) is 0 Å². The second kappa shape index (κ2) is 7.70. The summed E-state index contributed by atoms with van der Waals surface area (Å²) in [4.78, 5) is 14.5. The van der Waals surface area contributed by atoms with Crippen LogP contribution in [0.3, 0.4) is 0 Å². The number of carbonyl (C=O) groups is 1. The van der Waals surface area contributed by atoms with Crippen LogP contribution in [0.4, 0.5) is 0 Å². The second-order valence-electron chi connectivity index (χ2n) is 6.84. The van der Waals surface area contributed by atoms with Crippen molar-refractivity contribution in [1.29, 1.82) is 0 Å². The number of aliphatic hydroxyl groups is 1. The first kappa shape index (κ1) is 17.5. The number of nitrogens with zero attached hydrogens (tertiary/aromatic N) is 1. The third-order valence-electron chi connectivity index (χ3n) is 5.19. The zero-order valence-electron chi connectivity index (χ0n) is 14.6. The third kappa shape index (κ3) is 4.02. The van der Waals surface area contributed by atoms with Crippen LogP contribution >= 0.6 is 0 Å². The lowest BCUT2D eigenvalue weighted by Crippen LogP contribution is -2.41. The average Bonchev–Trinajstić information content (AvgIpc) is 2.64. The minimum absolute atomic E-state index is 0.0376. The molecule has 0 aliphatic carbocycles. The maximum atomic E-state index is 12.7. The van der Waals surface area contributed by atoms with Crippen molar-refractivity contribution in [2.75, 3.05) is 13.1 Å². The normalized spacial score (nSPS) is 16.6. The molecular formula is C21H25NO3. The van der Waals surface area contributed by atoms with Crippen LogP contribution in [-0.4, -0.2) is 40.2 Å². The second-order valence-corrected chi connectivity index (χ2v) is 6.84. The maximum absolute atomic E-state index is 12.7. The van der Waals surface area contributed by atoms with Gasteiger partial charge in [0.15, 0.2) is 0 Å². The number of aliphatic hydroxyl groups excluding tert-OH is 1. The summed E-state index contributed by atoms with van der Waals surface area (Å²) < 4.78 is 0. The molecule has 1 atom stereocenters. The molecule has 1 saturated heterocycles. The van der Waals surface area contributed by atoms with Gasteiger partial charge in [-0.3, -0.25) is 4.79 Å². The molecule has 3 rings (SSSR count). The van der Waals surface area contributed by atoms with Crippen molar-refractivity contribution >= 4 is 5.91 Å². The number of amides is 1. The minimum Gasteiger partial charge on any atom is -0.508 e. The number of piperidine rings is 1. The zero-order valence-corrected chi connectivity index (χ0v) is 14.6. The third-order valence-corrected chi connectivity index (χ3v) is 5.19. The molecule has 4 heteroatoms. The van der Waals surface area contributed by atoms with Crippen molar-refractivity contribution in [1.82, 2.24) is 4.90 Å². The van der Waals surface area contributed by atoms with Gasteiger partial charge in [-0.25, -0.2) is 0 Å². The number of rotatable bonds is 4. The molecule has 0 spiro atoms. The first-order valence-corrected chi connectivity index (χ1v) is 8.86. The standard InChI is InChI=1S/C21H25NO3/c1-15-18(8-5-9-19(15)23)21(25)22-12-10-17(11-13-22)20(24)14-16-6-3-2-4-7-16/h2-9,17,20,23-24H,10-14H2,1H3/t20-/m1/s1. The smallest absolute Gasteiger partial charge is 0.254 e. The van der Waals surface area contributed by atoms with Crippen LogP contribution in [0, 0.1) is 12.8 Å². The van der Waals surface area contributed by atoms with E-state index in [1.54, 1.807) is 25.1 Å². The van der Waals surface area contributed by atoms with E-state index in [4.69, 9.17) is 0 Å². The molecule has 1 aliphatic heterocycles. The highest BCUT2D eigenvalue weighted by Crippen LogP contribution is 2.26. The summed E-state index contributed by atoms with van der Waals surface area (Å²) >= 11 is 0. The quantitative estimate of drug-likeness (QED) is 0.899. The van der Waals surface area contributed by atoms with Crippen LogP contribution in [0.15, 0.2) is 48.5 Å². The summed E-state index contributed by atoms with van der Waals surface area (Å²) in [6, 6.07) is 15.1. The van der Waals surface area contributed by atoms with Crippen LogP contribution in [0.5, 0.6) is 5.75 Å². The van der Waals surface area contributed by atoms with Gasteiger partial charge in [-0.1, -0.05) is 36.4 Å². The summed E-state index contributed by atoms with van der Waals surface area (Å²) in [7, 11) is 0. The fourth-order valence-corrected chi connectivity index (χ4v) is 3.54. The van der Waals surface area contributed by atoms with E-state index in [0.29, 0.717) is 30.6 Å². The van der Waals surface area contributed by atoms with Crippen molar-refractivity contribution in [3.8, 4) is 5.75 Å². The Balaban J connectivity index is 1.58. The number of phenols is 1. The molecule has 0 aromatic heterocycles. The van der Waals surface area contributed by atoms with Gasteiger partial charge in [0.25, 0.3) is 5.91 Å². The molecule has 1 heterocycles. The van der Waals surface area contributed by atoms with E-state index in [9.17, 15) is 15.0 Å². The molecule has 0 saturated carbocycles. The Kier molecular flexibility index (Phi) is 5.39. The fraction of sp³-hybridized carbons (Fsp3) is 0.381. The summed E-state index contributed by atoms with van der Waals surface area (Å²) in [6.07, 6.45) is 1.89. The Bertz CT molecular complexity index is 721.